The lowest BCUT2D eigenvalue weighted by molar-refractivity contribution is -0.114. The summed E-state index contributed by atoms with van der Waals surface area (Å²) in [6.07, 6.45) is 10.2. The van der Waals surface area contributed by atoms with Gasteiger partial charge in [-0.1, -0.05) is 19.4 Å². The highest BCUT2D eigenvalue weighted by atomic mass is 16.1. The van der Waals surface area contributed by atoms with Gasteiger partial charge in [0.25, 0.3) is 0 Å². The third-order valence-corrected chi connectivity index (χ3v) is 4.19. The Morgan fingerprint density at radius 1 is 1.00 bits per heavy atom. The Kier molecular flexibility index (Phi) is 3.83. The van der Waals surface area contributed by atoms with Crippen LogP contribution in [0.25, 0.3) is 0 Å². The molecule has 2 rings (SSSR count). The molecule has 0 saturated heterocycles. The Morgan fingerprint density at radius 3 is 2.31 bits per heavy atom. The van der Waals surface area contributed by atoms with Crippen LogP contribution in [0.2, 0.25) is 0 Å². The predicted molar refractivity (Wildman–Crippen MR) is 67.2 cm³/mol. The quantitative estimate of drug-likeness (QED) is 0.649. The molecule has 0 aromatic heterocycles. The molecule has 16 heavy (non-hydrogen) atoms. The highest BCUT2D eigenvalue weighted by molar-refractivity contribution is 5.90. The lowest BCUT2D eigenvalue weighted by atomic mass is 9.73. The summed E-state index contributed by atoms with van der Waals surface area (Å²) in [5, 5.41) is 0. The van der Waals surface area contributed by atoms with Crippen molar-refractivity contribution >= 4 is 5.78 Å². The maximum Gasteiger partial charge on any atom is 0.155 e. The maximum absolute atomic E-state index is 11.6. The molecule has 2 aliphatic carbocycles. The molecular weight excluding hydrogens is 196 g/mol. The van der Waals surface area contributed by atoms with Crippen molar-refractivity contribution in [1.82, 2.24) is 0 Å². The van der Waals surface area contributed by atoms with E-state index in [1.54, 1.807) is 0 Å². The Bertz CT molecular complexity index is 280. The Hall–Kier alpha value is -0.590. The van der Waals surface area contributed by atoms with E-state index in [0.29, 0.717) is 11.7 Å². The van der Waals surface area contributed by atoms with Gasteiger partial charge < -0.3 is 0 Å². The minimum atomic E-state index is 0.373. The van der Waals surface area contributed by atoms with Crippen LogP contribution in [0.15, 0.2) is 11.6 Å². The van der Waals surface area contributed by atoms with Crippen LogP contribution in [0, 0.1) is 17.8 Å². The zero-order valence-electron chi connectivity index (χ0n) is 10.7. The van der Waals surface area contributed by atoms with Crippen LogP contribution >= 0.6 is 0 Å². The van der Waals surface area contributed by atoms with Crippen molar-refractivity contribution in [2.45, 2.75) is 58.8 Å². The van der Waals surface area contributed by atoms with Crippen molar-refractivity contribution in [3.63, 3.8) is 0 Å². The molecular formula is C15H24O. The van der Waals surface area contributed by atoms with Crippen LogP contribution in [0.4, 0.5) is 0 Å². The number of ketones is 1. The van der Waals surface area contributed by atoms with Crippen LogP contribution in [0.5, 0.6) is 0 Å². The molecule has 0 radical (unpaired) electrons. The minimum absolute atomic E-state index is 0.373. The van der Waals surface area contributed by atoms with Crippen molar-refractivity contribution in [2.75, 3.05) is 0 Å². The first-order chi connectivity index (χ1) is 7.65. The van der Waals surface area contributed by atoms with E-state index in [0.717, 1.165) is 24.7 Å². The second kappa shape index (κ2) is 5.16. The fourth-order valence-electron chi connectivity index (χ4n) is 3.55. The van der Waals surface area contributed by atoms with Crippen LogP contribution in [-0.2, 0) is 4.79 Å². The van der Waals surface area contributed by atoms with Gasteiger partial charge in [0.05, 0.1) is 0 Å². The molecule has 0 aromatic rings. The highest BCUT2D eigenvalue weighted by Crippen LogP contribution is 2.39. The van der Waals surface area contributed by atoms with Crippen molar-refractivity contribution in [3.8, 4) is 0 Å². The van der Waals surface area contributed by atoms with Crippen molar-refractivity contribution < 1.29 is 4.79 Å². The fraction of sp³-hybridized carbons (Fsp3) is 0.800. The van der Waals surface area contributed by atoms with Crippen molar-refractivity contribution in [3.05, 3.63) is 11.6 Å². The average Bonchev–Trinajstić information content (AvgIpc) is 2.41. The molecule has 0 aromatic carbocycles. The Morgan fingerprint density at radius 2 is 1.62 bits per heavy atom. The van der Waals surface area contributed by atoms with Gasteiger partial charge in [0.1, 0.15) is 0 Å². The summed E-state index contributed by atoms with van der Waals surface area (Å²) in [4.78, 5) is 11.6. The Labute approximate surface area is 99.3 Å². The van der Waals surface area contributed by atoms with Gasteiger partial charge in [0.15, 0.2) is 5.78 Å². The van der Waals surface area contributed by atoms with E-state index in [9.17, 15) is 4.79 Å². The molecule has 2 atom stereocenters. The second-order valence-corrected chi connectivity index (χ2v) is 6.01. The van der Waals surface area contributed by atoms with Crippen LogP contribution < -0.4 is 0 Å². The van der Waals surface area contributed by atoms with Crippen LogP contribution in [0.3, 0.4) is 0 Å². The number of rotatable bonds is 1. The molecule has 2 aliphatic rings. The molecule has 1 fully saturated rings. The molecule has 0 heterocycles. The third kappa shape index (κ3) is 2.96. The van der Waals surface area contributed by atoms with E-state index < -0.39 is 0 Å². The zero-order valence-corrected chi connectivity index (χ0v) is 10.7. The Balaban J connectivity index is 2.07. The van der Waals surface area contributed by atoms with Gasteiger partial charge in [-0.25, -0.2) is 0 Å². The first-order valence-electron chi connectivity index (χ1n) is 6.88. The lowest BCUT2D eigenvalue weighted by Crippen LogP contribution is -2.21. The van der Waals surface area contributed by atoms with Gasteiger partial charge in [-0.15, -0.1) is 0 Å². The SMILES string of the molecule is CC1CC(C)CC(C2=CC(=O)CCCC2)C1. The molecule has 90 valence electrons. The first kappa shape index (κ1) is 11.9. The molecule has 1 nitrogen and oxygen atoms in total. The summed E-state index contributed by atoms with van der Waals surface area (Å²) in [5.41, 5.74) is 1.47. The molecule has 0 amide bonds. The van der Waals surface area contributed by atoms with E-state index in [1.807, 2.05) is 6.08 Å². The van der Waals surface area contributed by atoms with Crippen LogP contribution in [0.1, 0.15) is 58.8 Å². The van der Waals surface area contributed by atoms with E-state index in [-0.39, 0.29) is 0 Å². The third-order valence-electron chi connectivity index (χ3n) is 4.19. The zero-order chi connectivity index (χ0) is 11.5. The lowest BCUT2D eigenvalue weighted by Gasteiger charge is -2.33. The molecule has 0 spiro atoms. The van der Waals surface area contributed by atoms with Gasteiger partial charge in [0.2, 0.25) is 0 Å². The summed E-state index contributed by atoms with van der Waals surface area (Å²) in [6, 6.07) is 0. The van der Waals surface area contributed by atoms with Gasteiger partial charge >= 0.3 is 0 Å². The van der Waals surface area contributed by atoms with Gasteiger partial charge in [0, 0.05) is 6.42 Å². The molecule has 1 heteroatoms. The summed E-state index contributed by atoms with van der Waals surface area (Å²) in [7, 11) is 0. The van der Waals surface area contributed by atoms with E-state index in [1.165, 1.54) is 37.7 Å². The summed E-state index contributed by atoms with van der Waals surface area (Å²) >= 11 is 0. The van der Waals surface area contributed by atoms with Gasteiger partial charge in [-0.3, -0.25) is 4.79 Å². The number of hydrogen-bond acceptors (Lipinski definition) is 1. The van der Waals surface area contributed by atoms with E-state index >= 15 is 0 Å². The van der Waals surface area contributed by atoms with Crippen molar-refractivity contribution in [2.24, 2.45) is 17.8 Å². The number of hydrogen-bond donors (Lipinski definition) is 0. The standard InChI is InChI=1S/C15H24O/c1-11-7-12(2)9-14(8-11)13-5-3-4-6-15(16)10-13/h10-12,14H,3-9H2,1-2H3. The van der Waals surface area contributed by atoms with Crippen molar-refractivity contribution in [1.29, 1.82) is 0 Å². The maximum atomic E-state index is 11.6. The van der Waals surface area contributed by atoms with Gasteiger partial charge in [-0.05, 0) is 62.4 Å². The monoisotopic (exact) mass is 220 g/mol. The smallest absolute Gasteiger partial charge is 0.155 e. The fourth-order valence-corrected chi connectivity index (χ4v) is 3.55. The number of carbonyl (C=O) groups is 1. The minimum Gasteiger partial charge on any atom is -0.295 e. The van der Waals surface area contributed by atoms with E-state index in [2.05, 4.69) is 13.8 Å². The second-order valence-electron chi connectivity index (χ2n) is 6.01. The summed E-state index contributed by atoms with van der Waals surface area (Å²) in [5.74, 6) is 2.76. The molecule has 2 unspecified atom stereocenters. The van der Waals surface area contributed by atoms with Crippen LogP contribution in [-0.4, -0.2) is 5.78 Å². The number of carbonyl (C=O) groups excluding carboxylic acids is 1. The first-order valence-corrected chi connectivity index (χ1v) is 6.88. The highest BCUT2D eigenvalue weighted by Gasteiger charge is 2.27. The molecule has 0 aliphatic heterocycles. The largest absolute Gasteiger partial charge is 0.295 e. The topological polar surface area (TPSA) is 17.1 Å². The molecule has 0 N–H and O–H groups in total. The predicted octanol–water partition coefficient (Wildman–Crippen LogP) is 4.13. The summed E-state index contributed by atoms with van der Waals surface area (Å²) in [6.45, 7) is 4.73. The number of allylic oxidation sites excluding steroid dienone is 2. The normalized spacial score (nSPS) is 36.8. The van der Waals surface area contributed by atoms with E-state index in [4.69, 9.17) is 0 Å². The summed E-state index contributed by atoms with van der Waals surface area (Å²) < 4.78 is 0. The molecule has 1 saturated carbocycles. The van der Waals surface area contributed by atoms with Gasteiger partial charge in [-0.2, -0.15) is 0 Å². The molecule has 0 bridgehead atoms. The average molecular weight is 220 g/mol.